The summed E-state index contributed by atoms with van der Waals surface area (Å²) in [5.74, 6) is -0.644. The molecule has 0 aliphatic carbocycles. The molecule has 2 rings (SSSR count). The molecular formula is C11H10BrN3O3S. The van der Waals surface area contributed by atoms with Gasteiger partial charge in [0.25, 0.3) is 5.91 Å². The number of amides is 2. The van der Waals surface area contributed by atoms with Crippen LogP contribution in [-0.4, -0.2) is 23.3 Å². The fourth-order valence-electron chi connectivity index (χ4n) is 1.26. The average Bonchev–Trinajstić information content (AvgIpc) is 2.95. The molecule has 6 nitrogen and oxygen atoms in total. The molecule has 2 N–H and O–H groups in total. The molecule has 8 heteroatoms. The van der Waals surface area contributed by atoms with Gasteiger partial charge in [0.05, 0.1) is 6.54 Å². The van der Waals surface area contributed by atoms with E-state index in [1.807, 2.05) is 6.92 Å². The number of carbonyl (C=O) groups is 2. The van der Waals surface area contributed by atoms with Gasteiger partial charge in [-0.2, -0.15) is 0 Å². The second kappa shape index (κ2) is 5.98. The molecule has 0 radical (unpaired) electrons. The molecule has 0 atom stereocenters. The SMILES string of the molecule is Cc1cnc(NC(=O)CNC(=O)c2ccc(Br)o2)s1. The van der Waals surface area contributed by atoms with Crippen LogP contribution in [0.2, 0.25) is 0 Å². The van der Waals surface area contributed by atoms with Gasteiger partial charge in [-0.1, -0.05) is 0 Å². The molecule has 0 fully saturated rings. The highest BCUT2D eigenvalue weighted by Gasteiger charge is 2.12. The summed E-state index contributed by atoms with van der Waals surface area (Å²) in [6, 6.07) is 3.12. The molecule has 0 saturated carbocycles. The minimum atomic E-state index is -0.448. The molecule has 2 amide bonds. The lowest BCUT2D eigenvalue weighted by atomic mass is 10.4. The Morgan fingerprint density at radius 2 is 2.26 bits per heavy atom. The summed E-state index contributed by atoms with van der Waals surface area (Å²) in [5.41, 5.74) is 0. The fraction of sp³-hybridized carbons (Fsp3) is 0.182. The van der Waals surface area contributed by atoms with Gasteiger partial charge < -0.3 is 15.1 Å². The lowest BCUT2D eigenvalue weighted by molar-refractivity contribution is -0.115. The van der Waals surface area contributed by atoms with Gasteiger partial charge in [0.1, 0.15) is 0 Å². The van der Waals surface area contributed by atoms with E-state index in [9.17, 15) is 9.59 Å². The largest absolute Gasteiger partial charge is 0.444 e. The van der Waals surface area contributed by atoms with Crippen LogP contribution < -0.4 is 10.6 Å². The molecule has 0 spiro atoms. The number of nitrogens with zero attached hydrogens (tertiary/aromatic N) is 1. The monoisotopic (exact) mass is 343 g/mol. The zero-order chi connectivity index (χ0) is 13.8. The van der Waals surface area contributed by atoms with Crippen molar-refractivity contribution < 1.29 is 14.0 Å². The van der Waals surface area contributed by atoms with Gasteiger partial charge >= 0.3 is 0 Å². The summed E-state index contributed by atoms with van der Waals surface area (Å²) in [5, 5.41) is 5.55. The highest BCUT2D eigenvalue weighted by molar-refractivity contribution is 9.10. The first-order chi connectivity index (χ1) is 9.04. The number of hydrogen-bond donors (Lipinski definition) is 2. The van der Waals surface area contributed by atoms with E-state index in [1.54, 1.807) is 12.3 Å². The smallest absolute Gasteiger partial charge is 0.287 e. The maximum absolute atomic E-state index is 11.6. The highest BCUT2D eigenvalue weighted by Crippen LogP contribution is 2.16. The fourth-order valence-corrected chi connectivity index (χ4v) is 2.25. The first-order valence-electron chi connectivity index (χ1n) is 5.30. The quantitative estimate of drug-likeness (QED) is 0.890. The minimum absolute atomic E-state index is 0.143. The number of nitrogens with one attached hydrogen (secondary N) is 2. The van der Waals surface area contributed by atoms with E-state index in [4.69, 9.17) is 4.42 Å². The third-order valence-corrected chi connectivity index (χ3v) is 3.33. The van der Waals surface area contributed by atoms with E-state index in [2.05, 4.69) is 31.5 Å². The number of aromatic nitrogens is 1. The molecule has 0 aliphatic rings. The van der Waals surface area contributed by atoms with Gasteiger partial charge in [0.2, 0.25) is 5.91 Å². The summed E-state index contributed by atoms with van der Waals surface area (Å²) in [4.78, 5) is 28.2. The van der Waals surface area contributed by atoms with E-state index >= 15 is 0 Å². The average molecular weight is 344 g/mol. The van der Waals surface area contributed by atoms with Crippen LogP contribution in [0.3, 0.4) is 0 Å². The van der Waals surface area contributed by atoms with E-state index in [-0.39, 0.29) is 18.2 Å². The van der Waals surface area contributed by atoms with E-state index in [0.717, 1.165) is 4.88 Å². The first-order valence-corrected chi connectivity index (χ1v) is 6.91. The highest BCUT2D eigenvalue weighted by atomic mass is 79.9. The Morgan fingerprint density at radius 3 is 2.84 bits per heavy atom. The Labute approximate surface area is 121 Å². The van der Waals surface area contributed by atoms with Gasteiger partial charge in [-0.25, -0.2) is 4.98 Å². The summed E-state index contributed by atoms with van der Waals surface area (Å²) in [6.07, 6.45) is 1.67. The third-order valence-electron chi connectivity index (χ3n) is 2.07. The second-order valence-corrected chi connectivity index (χ2v) is 5.63. The number of halogens is 1. The van der Waals surface area contributed by atoms with Crippen molar-refractivity contribution in [1.29, 1.82) is 0 Å². The van der Waals surface area contributed by atoms with Gasteiger partial charge in [0.15, 0.2) is 15.6 Å². The van der Waals surface area contributed by atoms with E-state index in [1.165, 1.54) is 17.4 Å². The van der Waals surface area contributed by atoms with Crippen molar-refractivity contribution in [2.24, 2.45) is 0 Å². The lowest BCUT2D eigenvalue weighted by Gasteiger charge is -2.02. The zero-order valence-electron chi connectivity index (χ0n) is 9.90. The lowest BCUT2D eigenvalue weighted by Crippen LogP contribution is -2.32. The summed E-state index contributed by atoms with van der Waals surface area (Å²) < 4.78 is 5.52. The molecule has 0 saturated heterocycles. The Morgan fingerprint density at radius 1 is 1.47 bits per heavy atom. The predicted octanol–water partition coefficient (Wildman–Crippen LogP) is 2.18. The van der Waals surface area contributed by atoms with Crippen LogP contribution in [0.1, 0.15) is 15.4 Å². The minimum Gasteiger partial charge on any atom is -0.444 e. The van der Waals surface area contributed by atoms with Crippen molar-refractivity contribution in [3.8, 4) is 0 Å². The standard InChI is InChI=1S/C11H10BrN3O3S/c1-6-4-14-11(19-6)15-9(16)5-13-10(17)7-2-3-8(12)18-7/h2-4H,5H2,1H3,(H,13,17)(H,14,15,16). The topological polar surface area (TPSA) is 84.2 Å². The predicted molar refractivity (Wildman–Crippen MR) is 74.2 cm³/mol. The van der Waals surface area contributed by atoms with Crippen molar-refractivity contribution in [1.82, 2.24) is 10.3 Å². The van der Waals surface area contributed by atoms with Crippen LogP contribution in [-0.2, 0) is 4.79 Å². The van der Waals surface area contributed by atoms with Crippen LogP contribution in [0, 0.1) is 6.92 Å². The maximum atomic E-state index is 11.6. The van der Waals surface area contributed by atoms with E-state index < -0.39 is 5.91 Å². The Balaban J connectivity index is 1.82. The third kappa shape index (κ3) is 3.90. The van der Waals surface area contributed by atoms with Crippen LogP contribution >= 0.6 is 27.3 Å². The maximum Gasteiger partial charge on any atom is 0.287 e. The molecule has 2 aromatic heterocycles. The molecule has 0 aliphatic heterocycles. The summed E-state index contributed by atoms with van der Waals surface area (Å²) in [7, 11) is 0. The molecule has 0 unspecified atom stereocenters. The van der Waals surface area contributed by atoms with Gasteiger partial charge in [0, 0.05) is 11.1 Å². The van der Waals surface area contributed by atoms with Crippen molar-refractivity contribution in [3.63, 3.8) is 0 Å². The molecule has 2 aromatic rings. The number of thiazole rings is 1. The number of anilines is 1. The zero-order valence-corrected chi connectivity index (χ0v) is 12.3. The van der Waals surface area contributed by atoms with Gasteiger partial charge in [-0.05, 0) is 35.0 Å². The van der Waals surface area contributed by atoms with Crippen LogP contribution in [0.5, 0.6) is 0 Å². The van der Waals surface area contributed by atoms with Crippen molar-refractivity contribution in [2.75, 3.05) is 11.9 Å². The normalized spacial score (nSPS) is 10.2. The number of aryl methyl sites for hydroxylation is 1. The molecule has 2 heterocycles. The molecular weight excluding hydrogens is 334 g/mol. The Bertz CT molecular complexity index is 608. The van der Waals surface area contributed by atoms with Crippen LogP contribution in [0.4, 0.5) is 5.13 Å². The molecule has 100 valence electrons. The van der Waals surface area contributed by atoms with Crippen molar-refractivity contribution >= 4 is 44.2 Å². The molecule has 0 bridgehead atoms. The van der Waals surface area contributed by atoms with Crippen LogP contribution in [0.25, 0.3) is 0 Å². The van der Waals surface area contributed by atoms with Crippen LogP contribution in [0.15, 0.2) is 27.4 Å². The summed E-state index contributed by atoms with van der Waals surface area (Å²) >= 11 is 4.46. The number of carbonyl (C=O) groups excluding carboxylic acids is 2. The van der Waals surface area contributed by atoms with Crippen molar-refractivity contribution in [3.05, 3.63) is 33.6 Å². The van der Waals surface area contributed by atoms with Gasteiger partial charge in [-0.3, -0.25) is 9.59 Å². The molecule has 0 aromatic carbocycles. The van der Waals surface area contributed by atoms with E-state index in [0.29, 0.717) is 9.80 Å². The van der Waals surface area contributed by atoms with Gasteiger partial charge in [-0.15, -0.1) is 11.3 Å². The number of hydrogen-bond acceptors (Lipinski definition) is 5. The number of furan rings is 1. The Kier molecular flexibility index (Phi) is 4.33. The second-order valence-electron chi connectivity index (χ2n) is 3.61. The first kappa shape index (κ1) is 13.8. The van der Waals surface area contributed by atoms with Crippen molar-refractivity contribution in [2.45, 2.75) is 6.92 Å². The summed E-state index contributed by atoms with van der Waals surface area (Å²) in [6.45, 7) is 1.75. The number of rotatable bonds is 4. The Hall–Kier alpha value is -1.67. The molecule has 19 heavy (non-hydrogen) atoms.